The molecule has 1 aliphatic rings. The largest absolute Gasteiger partial charge is 0.329 e. The molecule has 1 saturated carbocycles. The summed E-state index contributed by atoms with van der Waals surface area (Å²) in [5, 5.41) is 4.16. The molecule has 2 N–H and O–H groups in total. The first-order valence-electron chi connectivity index (χ1n) is 5.50. The molecule has 0 atom stereocenters. The molecule has 0 saturated heterocycles. The SMILES string of the molecule is CCCn1nccc1C(=O)C1(CN)CC1. The second kappa shape index (κ2) is 3.77. The predicted octanol–water partition coefficient (Wildman–Crippen LogP) is 1.21. The topological polar surface area (TPSA) is 60.9 Å². The van der Waals surface area contributed by atoms with Gasteiger partial charge in [0.25, 0.3) is 0 Å². The molecule has 0 unspecified atom stereocenters. The molecule has 2 rings (SSSR count). The van der Waals surface area contributed by atoms with Crippen LogP contribution < -0.4 is 5.73 Å². The summed E-state index contributed by atoms with van der Waals surface area (Å²) in [5.41, 5.74) is 6.11. The molecule has 1 aliphatic carbocycles. The lowest BCUT2D eigenvalue weighted by Gasteiger charge is -2.12. The average Bonchev–Trinajstić information content (AvgIpc) is 2.92. The smallest absolute Gasteiger partial charge is 0.188 e. The summed E-state index contributed by atoms with van der Waals surface area (Å²) in [6.45, 7) is 3.34. The number of carbonyl (C=O) groups excluding carboxylic acids is 1. The Hall–Kier alpha value is -1.16. The van der Waals surface area contributed by atoms with Gasteiger partial charge in [-0.05, 0) is 25.3 Å². The summed E-state index contributed by atoms with van der Waals surface area (Å²) in [5.74, 6) is 0.177. The Morgan fingerprint density at radius 2 is 2.40 bits per heavy atom. The van der Waals surface area contributed by atoms with Crippen LogP contribution in [0.5, 0.6) is 0 Å². The van der Waals surface area contributed by atoms with Crippen molar-refractivity contribution in [1.29, 1.82) is 0 Å². The van der Waals surface area contributed by atoms with Crippen molar-refractivity contribution in [2.24, 2.45) is 11.1 Å². The van der Waals surface area contributed by atoms with Crippen molar-refractivity contribution in [1.82, 2.24) is 9.78 Å². The fourth-order valence-electron chi connectivity index (χ4n) is 1.86. The van der Waals surface area contributed by atoms with Crippen LogP contribution in [-0.4, -0.2) is 22.1 Å². The van der Waals surface area contributed by atoms with Crippen molar-refractivity contribution >= 4 is 5.78 Å². The lowest BCUT2D eigenvalue weighted by Crippen LogP contribution is -2.27. The number of nitrogens with zero attached hydrogens (tertiary/aromatic N) is 2. The van der Waals surface area contributed by atoms with E-state index in [9.17, 15) is 4.79 Å². The molecule has 4 heteroatoms. The van der Waals surface area contributed by atoms with Crippen molar-refractivity contribution in [3.63, 3.8) is 0 Å². The monoisotopic (exact) mass is 207 g/mol. The molecule has 1 aromatic rings. The van der Waals surface area contributed by atoms with Crippen molar-refractivity contribution < 1.29 is 4.79 Å². The quantitative estimate of drug-likeness (QED) is 0.738. The highest BCUT2D eigenvalue weighted by Crippen LogP contribution is 2.47. The van der Waals surface area contributed by atoms with Gasteiger partial charge in [-0.2, -0.15) is 5.10 Å². The number of Topliss-reactive ketones (excluding diaryl/α,β-unsaturated/α-hetero) is 1. The van der Waals surface area contributed by atoms with Crippen LogP contribution in [0.3, 0.4) is 0 Å². The summed E-state index contributed by atoms with van der Waals surface area (Å²) in [7, 11) is 0. The maximum atomic E-state index is 12.2. The van der Waals surface area contributed by atoms with E-state index >= 15 is 0 Å². The summed E-state index contributed by atoms with van der Waals surface area (Å²) >= 11 is 0. The highest BCUT2D eigenvalue weighted by molar-refractivity contribution is 6.01. The average molecular weight is 207 g/mol. The van der Waals surface area contributed by atoms with E-state index in [0.717, 1.165) is 31.5 Å². The Morgan fingerprint density at radius 1 is 1.67 bits per heavy atom. The standard InChI is InChI=1S/C11H17N3O/c1-2-7-14-9(3-6-13-14)10(15)11(8-12)4-5-11/h3,6H,2,4-5,7-8,12H2,1H3. The number of hydrogen-bond acceptors (Lipinski definition) is 3. The van der Waals surface area contributed by atoms with Gasteiger partial charge in [-0.15, -0.1) is 0 Å². The Morgan fingerprint density at radius 3 is 2.93 bits per heavy atom. The third-order valence-electron chi connectivity index (χ3n) is 3.11. The molecule has 0 radical (unpaired) electrons. The van der Waals surface area contributed by atoms with Crippen molar-refractivity contribution in [3.05, 3.63) is 18.0 Å². The van der Waals surface area contributed by atoms with Gasteiger partial charge in [0.05, 0.1) is 0 Å². The molecule has 1 aromatic heterocycles. The number of nitrogens with two attached hydrogens (primary N) is 1. The van der Waals surface area contributed by atoms with Gasteiger partial charge in [-0.3, -0.25) is 9.48 Å². The number of hydrogen-bond donors (Lipinski definition) is 1. The van der Waals surface area contributed by atoms with Crippen LogP contribution in [0.4, 0.5) is 0 Å². The van der Waals surface area contributed by atoms with Crippen molar-refractivity contribution in [3.8, 4) is 0 Å². The number of carbonyl (C=O) groups is 1. The molecule has 0 aliphatic heterocycles. The highest BCUT2D eigenvalue weighted by Gasteiger charge is 2.49. The summed E-state index contributed by atoms with van der Waals surface area (Å²) in [6.07, 6.45) is 4.53. The minimum absolute atomic E-state index is 0.177. The first-order valence-corrected chi connectivity index (χ1v) is 5.50. The maximum Gasteiger partial charge on any atom is 0.188 e. The molecule has 1 fully saturated rings. The second-order valence-corrected chi connectivity index (χ2v) is 4.25. The number of rotatable bonds is 5. The van der Waals surface area contributed by atoms with Crippen LogP contribution in [0, 0.1) is 5.41 Å². The maximum absolute atomic E-state index is 12.2. The van der Waals surface area contributed by atoms with Gasteiger partial charge in [-0.1, -0.05) is 6.92 Å². The minimum Gasteiger partial charge on any atom is -0.329 e. The van der Waals surface area contributed by atoms with Gasteiger partial charge >= 0.3 is 0 Å². The first-order chi connectivity index (χ1) is 7.23. The number of aromatic nitrogens is 2. The van der Waals surface area contributed by atoms with Crippen LogP contribution in [-0.2, 0) is 6.54 Å². The normalized spacial score (nSPS) is 17.7. The van der Waals surface area contributed by atoms with Gasteiger partial charge in [0.15, 0.2) is 5.78 Å². The Kier molecular flexibility index (Phi) is 2.61. The molecule has 1 heterocycles. The Balaban J connectivity index is 2.22. The lowest BCUT2D eigenvalue weighted by atomic mass is 9.99. The van der Waals surface area contributed by atoms with Crippen molar-refractivity contribution in [2.45, 2.75) is 32.7 Å². The third-order valence-corrected chi connectivity index (χ3v) is 3.11. The third kappa shape index (κ3) is 1.69. The molecular weight excluding hydrogens is 190 g/mol. The Bertz CT molecular complexity index is 366. The van der Waals surface area contributed by atoms with Gasteiger partial charge in [0.1, 0.15) is 5.69 Å². The summed E-state index contributed by atoms with van der Waals surface area (Å²) in [4.78, 5) is 12.2. The second-order valence-electron chi connectivity index (χ2n) is 4.25. The number of aryl methyl sites for hydroxylation is 1. The van der Waals surface area contributed by atoms with Crippen LogP contribution in [0.1, 0.15) is 36.7 Å². The molecule has 4 nitrogen and oxygen atoms in total. The molecule has 0 amide bonds. The summed E-state index contributed by atoms with van der Waals surface area (Å²) < 4.78 is 1.79. The fraction of sp³-hybridized carbons (Fsp3) is 0.636. The lowest BCUT2D eigenvalue weighted by molar-refractivity contribution is 0.0894. The zero-order chi connectivity index (χ0) is 10.9. The van der Waals surface area contributed by atoms with Crippen molar-refractivity contribution in [2.75, 3.05) is 6.54 Å². The molecule has 0 spiro atoms. The van der Waals surface area contributed by atoms with E-state index < -0.39 is 0 Å². The van der Waals surface area contributed by atoms with E-state index in [1.54, 1.807) is 16.9 Å². The molecular formula is C11H17N3O. The van der Waals surface area contributed by atoms with E-state index in [1.807, 2.05) is 0 Å². The number of ketones is 1. The van der Waals surface area contributed by atoms with Crippen LogP contribution >= 0.6 is 0 Å². The molecule has 0 aromatic carbocycles. The molecule has 15 heavy (non-hydrogen) atoms. The zero-order valence-electron chi connectivity index (χ0n) is 9.07. The van der Waals surface area contributed by atoms with E-state index in [1.165, 1.54) is 0 Å². The van der Waals surface area contributed by atoms with Gasteiger partial charge in [0.2, 0.25) is 0 Å². The van der Waals surface area contributed by atoms with E-state index in [2.05, 4.69) is 12.0 Å². The van der Waals surface area contributed by atoms with Gasteiger partial charge < -0.3 is 5.73 Å². The highest BCUT2D eigenvalue weighted by atomic mass is 16.1. The minimum atomic E-state index is -0.258. The van der Waals surface area contributed by atoms with Gasteiger partial charge in [-0.25, -0.2) is 0 Å². The molecule has 0 bridgehead atoms. The van der Waals surface area contributed by atoms with E-state index in [-0.39, 0.29) is 11.2 Å². The van der Waals surface area contributed by atoms with Crippen LogP contribution in [0.25, 0.3) is 0 Å². The Labute approximate surface area is 89.5 Å². The van der Waals surface area contributed by atoms with Gasteiger partial charge in [0, 0.05) is 24.7 Å². The van der Waals surface area contributed by atoms with E-state index in [0.29, 0.717) is 6.54 Å². The molecule has 82 valence electrons. The zero-order valence-corrected chi connectivity index (χ0v) is 9.07. The fourth-order valence-corrected chi connectivity index (χ4v) is 1.86. The van der Waals surface area contributed by atoms with Crippen LogP contribution in [0.2, 0.25) is 0 Å². The van der Waals surface area contributed by atoms with E-state index in [4.69, 9.17) is 5.73 Å². The predicted molar refractivity (Wildman–Crippen MR) is 57.6 cm³/mol. The summed E-state index contributed by atoms with van der Waals surface area (Å²) in [6, 6.07) is 1.80. The first kappa shape index (κ1) is 10.4. The van der Waals surface area contributed by atoms with Crippen LogP contribution in [0.15, 0.2) is 12.3 Å².